The van der Waals surface area contributed by atoms with Gasteiger partial charge in [0.1, 0.15) is 10.7 Å². The van der Waals surface area contributed by atoms with Crippen molar-refractivity contribution in [3.63, 3.8) is 0 Å². The fourth-order valence-electron chi connectivity index (χ4n) is 3.92. The van der Waals surface area contributed by atoms with Gasteiger partial charge in [0, 0.05) is 53.6 Å². The van der Waals surface area contributed by atoms with Gasteiger partial charge in [0.15, 0.2) is 0 Å². The SMILES string of the molecule is CC(C)(C)c1cc(C(=S)N2CCN(c3cccc(Cl)c3)CC2)cc(C(C)(C)C)c1O. The molecule has 0 amide bonds. The monoisotopic (exact) mass is 444 g/mol. The fraction of sp³-hybridized carbons (Fsp3) is 0.480. The Bertz CT molecular complexity index is 900. The first-order chi connectivity index (χ1) is 13.9. The normalized spacial score (nSPS) is 15.4. The lowest BCUT2D eigenvalue weighted by Crippen LogP contribution is -2.48. The van der Waals surface area contributed by atoms with Gasteiger partial charge in [-0.1, -0.05) is 71.4 Å². The number of phenols is 1. The second kappa shape index (κ2) is 8.39. The van der Waals surface area contributed by atoms with Gasteiger partial charge in [-0.25, -0.2) is 0 Å². The van der Waals surface area contributed by atoms with Crippen LogP contribution in [0.2, 0.25) is 5.02 Å². The van der Waals surface area contributed by atoms with E-state index in [1.165, 1.54) is 0 Å². The molecule has 1 N–H and O–H groups in total. The smallest absolute Gasteiger partial charge is 0.123 e. The number of rotatable bonds is 2. The first-order valence-corrected chi connectivity index (χ1v) is 11.3. The molecule has 0 radical (unpaired) electrons. The topological polar surface area (TPSA) is 26.7 Å². The molecule has 30 heavy (non-hydrogen) atoms. The van der Waals surface area contributed by atoms with Crippen molar-refractivity contribution in [1.29, 1.82) is 0 Å². The molecule has 0 atom stereocenters. The quantitative estimate of drug-likeness (QED) is 0.563. The Morgan fingerprint density at radius 2 is 1.43 bits per heavy atom. The Labute approximate surface area is 191 Å². The van der Waals surface area contributed by atoms with E-state index >= 15 is 0 Å². The molecule has 3 nitrogen and oxygen atoms in total. The van der Waals surface area contributed by atoms with Crippen LogP contribution in [0.3, 0.4) is 0 Å². The van der Waals surface area contributed by atoms with Gasteiger partial charge >= 0.3 is 0 Å². The Morgan fingerprint density at radius 3 is 1.90 bits per heavy atom. The largest absolute Gasteiger partial charge is 0.507 e. The minimum absolute atomic E-state index is 0.166. The number of phenolic OH excluding ortho intramolecular Hbond substituents is 1. The third-order valence-electron chi connectivity index (χ3n) is 5.71. The predicted molar refractivity (Wildman–Crippen MR) is 132 cm³/mol. The van der Waals surface area contributed by atoms with Crippen molar-refractivity contribution < 1.29 is 5.11 Å². The minimum atomic E-state index is -0.166. The van der Waals surface area contributed by atoms with Gasteiger partial charge in [0.2, 0.25) is 0 Å². The van der Waals surface area contributed by atoms with Crippen molar-refractivity contribution in [2.45, 2.75) is 52.4 Å². The van der Waals surface area contributed by atoms with Crippen molar-refractivity contribution in [1.82, 2.24) is 4.90 Å². The lowest BCUT2D eigenvalue weighted by Gasteiger charge is -2.38. The van der Waals surface area contributed by atoms with Crippen molar-refractivity contribution in [2.24, 2.45) is 0 Å². The zero-order valence-electron chi connectivity index (χ0n) is 18.9. The van der Waals surface area contributed by atoms with Crippen LogP contribution in [0.1, 0.15) is 58.2 Å². The molecular weight excluding hydrogens is 412 g/mol. The summed E-state index contributed by atoms with van der Waals surface area (Å²) >= 11 is 12.1. The minimum Gasteiger partial charge on any atom is -0.507 e. The van der Waals surface area contributed by atoms with Crippen molar-refractivity contribution >= 4 is 34.5 Å². The molecule has 1 heterocycles. The number of hydrogen-bond donors (Lipinski definition) is 1. The van der Waals surface area contributed by atoms with Gasteiger partial charge in [-0.05, 0) is 41.2 Å². The molecule has 1 saturated heterocycles. The van der Waals surface area contributed by atoms with Crippen LogP contribution in [0, 0.1) is 0 Å². The maximum atomic E-state index is 11.0. The van der Waals surface area contributed by atoms with Gasteiger partial charge < -0.3 is 14.9 Å². The zero-order valence-corrected chi connectivity index (χ0v) is 20.5. The van der Waals surface area contributed by atoms with E-state index in [9.17, 15) is 5.11 Å². The summed E-state index contributed by atoms with van der Waals surface area (Å²) in [4.78, 5) is 5.49. The Hall–Kier alpha value is -1.78. The van der Waals surface area contributed by atoms with Crippen molar-refractivity contribution in [2.75, 3.05) is 31.1 Å². The molecule has 162 valence electrons. The van der Waals surface area contributed by atoms with E-state index in [1.54, 1.807) is 0 Å². The number of aromatic hydroxyl groups is 1. The number of halogens is 1. The van der Waals surface area contributed by atoms with Gasteiger partial charge in [0.25, 0.3) is 0 Å². The third kappa shape index (κ3) is 4.92. The van der Waals surface area contributed by atoms with Crippen molar-refractivity contribution in [3.8, 4) is 5.75 Å². The Kier molecular flexibility index (Phi) is 6.41. The zero-order chi connectivity index (χ0) is 22.3. The first kappa shape index (κ1) is 22.9. The van der Waals surface area contributed by atoms with Gasteiger partial charge in [-0.2, -0.15) is 0 Å². The second-order valence-electron chi connectivity index (χ2n) is 10.2. The second-order valence-corrected chi connectivity index (χ2v) is 11.0. The van der Waals surface area contributed by atoms with Crippen LogP contribution in [0.4, 0.5) is 5.69 Å². The van der Waals surface area contributed by atoms with E-state index in [0.717, 1.165) is 58.6 Å². The van der Waals surface area contributed by atoms with Gasteiger partial charge in [-0.15, -0.1) is 0 Å². The molecule has 5 heteroatoms. The highest BCUT2D eigenvalue weighted by atomic mass is 35.5. The number of benzene rings is 2. The number of nitrogens with zero attached hydrogens (tertiary/aromatic N) is 2. The predicted octanol–water partition coefficient (Wildman–Crippen LogP) is 6.14. The molecule has 2 aromatic rings. The third-order valence-corrected chi connectivity index (χ3v) is 6.44. The van der Waals surface area contributed by atoms with Gasteiger partial charge in [-0.3, -0.25) is 0 Å². The molecule has 1 fully saturated rings. The summed E-state index contributed by atoms with van der Waals surface area (Å²) in [5, 5.41) is 11.7. The van der Waals surface area contributed by atoms with E-state index < -0.39 is 0 Å². The average molecular weight is 445 g/mol. The highest BCUT2D eigenvalue weighted by Crippen LogP contribution is 2.40. The summed E-state index contributed by atoms with van der Waals surface area (Å²) < 4.78 is 0. The highest BCUT2D eigenvalue weighted by molar-refractivity contribution is 7.80. The number of thiocarbonyl (C=S) groups is 1. The molecule has 0 unspecified atom stereocenters. The lowest BCUT2D eigenvalue weighted by molar-refractivity contribution is 0.391. The molecule has 1 aliphatic rings. The van der Waals surface area contributed by atoms with E-state index in [1.807, 2.05) is 18.2 Å². The molecule has 2 aromatic carbocycles. The van der Waals surface area contributed by atoms with Crippen LogP contribution in [0.15, 0.2) is 36.4 Å². The van der Waals surface area contributed by atoms with Crippen LogP contribution >= 0.6 is 23.8 Å². The molecular formula is C25H33ClN2OS. The average Bonchev–Trinajstić information content (AvgIpc) is 2.66. The maximum Gasteiger partial charge on any atom is 0.123 e. The lowest BCUT2D eigenvalue weighted by atomic mass is 9.78. The first-order valence-electron chi connectivity index (χ1n) is 10.6. The number of piperazine rings is 1. The summed E-state index contributed by atoms with van der Waals surface area (Å²) in [5.74, 6) is 0.396. The molecule has 0 saturated carbocycles. The Balaban J connectivity index is 1.85. The summed E-state index contributed by atoms with van der Waals surface area (Å²) in [5.41, 5.74) is 3.74. The fourth-order valence-corrected chi connectivity index (χ4v) is 4.41. The standard InChI is InChI=1S/C25H33ClN2OS/c1-24(2,3)20-14-17(15-21(22(20)29)25(4,5)6)23(30)28-12-10-27(11-13-28)19-9-7-8-18(26)16-19/h7-9,14-16,29H,10-13H2,1-6H3. The summed E-state index contributed by atoms with van der Waals surface area (Å²) in [7, 11) is 0. The highest BCUT2D eigenvalue weighted by Gasteiger charge is 2.28. The van der Waals surface area contributed by atoms with Crippen LogP contribution < -0.4 is 4.90 Å². The molecule has 0 aliphatic carbocycles. The Morgan fingerprint density at radius 1 is 0.900 bits per heavy atom. The molecule has 1 aliphatic heterocycles. The van der Waals surface area contributed by atoms with E-state index in [-0.39, 0.29) is 10.8 Å². The van der Waals surface area contributed by atoms with E-state index in [4.69, 9.17) is 23.8 Å². The van der Waals surface area contributed by atoms with Crippen LogP contribution in [-0.2, 0) is 10.8 Å². The van der Waals surface area contributed by atoms with E-state index in [2.05, 4.69) is 69.5 Å². The van der Waals surface area contributed by atoms with E-state index in [0.29, 0.717) is 5.75 Å². The summed E-state index contributed by atoms with van der Waals surface area (Å²) in [6.07, 6.45) is 0. The van der Waals surface area contributed by atoms with Crippen molar-refractivity contribution in [3.05, 3.63) is 58.1 Å². The molecule has 0 bridgehead atoms. The maximum absolute atomic E-state index is 11.0. The van der Waals surface area contributed by atoms with Crippen LogP contribution in [0.5, 0.6) is 5.75 Å². The number of hydrogen-bond acceptors (Lipinski definition) is 3. The number of anilines is 1. The van der Waals surface area contributed by atoms with Crippen LogP contribution in [0.25, 0.3) is 0 Å². The molecule has 3 rings (SSSR count). The molecule has 0 aromatic heterocycles. The summed E-state index contributed by atoms with van der Waals surface area (Å²) in [6.45, 7) is 16.3. The molecule has 0 spiro atoms. The van der Waals surface area contributed by atoms with Crippen LogP contribution in [-0.4, -0.2) is 41.2 Å². The summed E-state index contributed by atoms with van der Waals surface area (Å²) in [6, 6.07) is 12.2. The van der Waals surface area contributed by atoms with Gasteiger partial charge in [0.05, 0.1) is 0 Å².